The molecule has 21 heavy (non-hydrogen) atoms. The molecule has 5 heteroatoms. The van der Waals surface area contributed by atoms with E-state index in [4.69, 9.17) is 10.00 Å². The second kappa shape index (κ2) is 5.19. The van der Waals surface area contributed by atoms with Gasteiger partial charge in [0.2, 0.25) is 0 Å². The normalized spacial score (nSPS) is 26.6. The minimum Gasteiger partial charge on any atom is -0.496 e. The van der Waals surface area contributed by atoms with Crippen LogP contribution in [0, 0.1) is 11.3 Å². The van der Waals surface area contributed by atoms with Gasteiger partial charge in [-0.05, 0) is 43.0 Å². The maximum Gasteiger partial charge on any atom is 0.159 e. The fourth-order valence-electron chi connectivity index (χ4n) is 3.28. The maximum absolute atomic E-state index is 12.3. The second-order valence-corrected chi connectivity index (χ2v) is 8.05. The van der Waals surface area contributed by atoms with Gasteiger partial charge in [0.1, 0.15) is 5.75 Å². The predicted octanol–water partition coefficient (Wildman–Crippen LogP) is 2.69. The first-order valence-corrected chi connectivity index (χ1v) is 8.69. The summed E-state index contributed by atoms with van der Waals surface area (Å²) in [7, 11) is -1.43. The number of nitrogens with zero attached hydrogens (tertiary/aromatic N) is 1. The van der Waals surface area contributed by atoms with E-state index < -0.39 is 9.84 Å². The highest BCUT2D eigenvalue weighted by Crippen LogP contribution is 2.41. The van der Waals surface area contributed by atoms with Crippen LogP contribution in [0.2, 0.25) is 0 Å². The summed E-state index contributed by atoms with van der Waals surface area (Å²) in [6.45, 7) is 0. The van der Waals surface area contributed by atoms with Gasteiger partial charge in [-0.2, -0.15) is 5.26 Å². The fourth-order valence-corrected chi connectivity index (χ4v) is 5.54. The van der Waals surface area contributed by atoms with E-state index in [0.29, 0.717) is 24.2 Å². The lowest BCUT2D eigenvalue weighted by atomic mass is 9.92. The van der Waals surface area contributed by atoms with Crippen LogP contribution in [0.3, 0.4) is 0 Å². The zero-order valence-corrected chi connectivity index (χ0v) is 12.7. The van der Waals surface area contributed by atoms with Gasteiger partial charge in [0.15, 0.2) is 9.84 Å². The summed E-state index contributed by atoms with van der Waals surface area (Å²) in [6, 6.07) is 7.40. The van der Waals surface area contributed by atoms with Gasteiger partial charge in [0.25, 0.3) is 0 Å². The topological polar surface area (TPSA) is 67.2 Å². The van der Waals surface area contributed by atoms with E-state index in [0.717, 1.165) is 24.0 Å². The lowest BCUT2D eigenvalue weighted by molar-refractivity contribution is 0.413. The highest BCUT2D eigenvalue weighted by molar-refractivity contribution is 7.93. The highest BCUT2D eigenvalue weighted by Gasteiger charge is 2.40. The van der Waals surface area contributed by atoms with E-state index in [9.17, 15) is 8.42 Å². The Morgan fingerprint density at radius 1 is 1.33 bits per heavy atom. The molecule has 1 saturated heterocycles. The van der Waals surface area contributed by atoms with E-state index in [-0.39, 0.29) is 10.5 Å². The molecule has 0 radical (unpaired) electrons. The van der Waals surface area contributed by atoms with Gasteiger partial charge in [-0.25, -0.2) is 8.42 Å². The first kappa shape index (κ1) is 14.2. The number of hydrogen-bond acceptors (Lipinski definition) is 4. The van der Waals surface area contributed by atoms with E-state index in [1.54, 1.807) is 25.3 Å². The predicted molar refractivity (Wildman–Crippen MR) is 80.6 cm³/mol. The van der Waals surface area contributed by atoms with Crippen molar-refractivity contribution in [1.29, 1.82) is 5.26 Å². The van der Waals surface area contributed by atoms with Crippen LogP contribution in [0.15, 0.2) is 24.3 Å². The number of methoxy groups -OCH3 is 1. The molecular weight excluding hydrogens is 286 g/mol. The largest absolute Gasteiger partial charge is 0.496 e. The third-order valence-corrected chi connectivity index (χ3v) is 6.96. The van der Waals surface area contributed by atoms with Crippen LogP contribution in [0.5, 0.6) is 5.75 Å². The molecule has 0 saturated carbocycles. The molecular formula is C16H17NO3S. The summed E-state index contributed by atoms with van der Waals surface area (Å²) in [5.41, 5.74) is 2.40. The van der Waals surface area contributed by atoms with Crippen molar-refractivity contribution in [1.82, 2.24) is 0 Å². The van der Waals surface area contributed by atoms with Crippen LogP contribution in [0.25, 0.3) is 5.57 Å². The Kier molecular flexibility index (Phi) is 3.50. The summed E-state index contributed by atoms with van der Waals surface area (Å²) in [4.78, 5) is 0. The Labute approximate surface area is 125 Å². The van der Waals surface area contributed by atoms with Gasteiger partial charge in [0.05, 0.1) is 29.2 Å². The maximum atomic E-state index is 12.3. The Morgan fingerprint density at radius 3 is 2.81 bits per heavy atom. The quantitative estimate of drug-likeness (QED) is 0.842. The van der Waals surface area contributed by atoms with Gasteiger partial charge in [0, 0.05) is 5.56 Å². The van der Waals surface area contributed by atoms with Crippen LogP contribution in [-0.4, -0.2) is 26.0 Å². The third-order valence-electron chi connectivity index (χ3n) is 4.41. The molecule has 1 aromatic rings. The Balaban J connectivity index is 2.10. The van der Waals surface area contributed by atoms with E-state index in [2.05, 4.69) is 6.07 Å². The van der Waals surface area contributed by atoms with Gasteiger partial charge in [-0.3, -0.25) is 0 Å². The molecule has 0 spiro atoms. The number of fused-ring (bicyclic) bond motifs is 2. The minimum absolute atomic E-state index is 0.285. The Hall–Kier alpha value is -1.80. The number of sulfone groups is 1. The number of ether oxygens (including phenoxy) is 1. The summed E-state index contributed by atoms with van der Waals surface area (Å²) in [5, 5.41) is 8.40. The summed E-state index contributed by atoms with van der Waals surface area (Å²) >= 11 is 0. The Morgan fingerprint density at radius 2 is 2.14 bits per heavy atom. The number of rotatable bonds is 2. The average molecular weight is 303 g/mol. The molecule has 2 atom stereocenters. The van der Waals surface area contributed by atoms with Crippen LogP contribution in [0.1, 0.15) is 36.8 Å². The molecule has 2 aliphatic heterocycles. The molecule has 2 heterocycles. The SMILES string of the molecule is COc1ccc(C#N)cc1C1=CC2CCCC(C1)S2(=O)=O. The van der Waals surface area contributed by atoms with Gasteiger partial charge >= 0.3 is 0 Å². The lowest BCUT2D eigenvalue weighted by Crippen LogP contribution is -2.38. The molecule has 2 bridgehead atoms. The monoisotopic (exact) mass is 303 g/mol. The molecule has 0 aliphatic carbocycles. The van der Waals surface area contributed by atoms with Crippen molar-refractivity contribution in [3.05, 3.63) is 35.4 Å². The second-order valence-electron chi connectivity index (χ2n) is 5.60. The molecule has 3 rings (SSSR count). The van der Waals surface area contributed by atoms with Crippen molar-refractivity contribution in [2.75, 3.05) is 7.11 Å². The smallest absolute Gasteiger partial charge is 0.159 e. The van der Waals surface area contributed by atoms with E-state index in [1.165, 1.54) is 0 Å². The molecule has 1 aromatic carbocycles. The zero-order valence-electron chi connectivity index (χ0n) is 11.9. The number of allylic oxidation sites excluding steroid dienone is 1. The molecule has 4 nitrogen and oxygen atoms in total. The molecule has 2 aliphatic rings. The summed E-state index contributed by atoms with van der Waals surface area (Å²) < 4.78 is 30.0. The number of nitriles is 1. The first-order valence-electron chi connectivity index (χ1n) is 7.08. The fraction of sp³-hybridized carbons (Fsp3) is 0.438. The standard InChI is InChI=1S/C16H17NO3S/c1-20-16-6-5-11(10-17)7-15(16)12-8-13-3-2-4-14(9-12)21(13,18)19/h5-8,13-14H,2-4,9H2,1H3. The Bertz CT molecular complexity index is 743. The van der Waals surface area contributed by atoms with Crippen molar-refractivity contribution in [2.24, 2.45) is 0 Å². The van der Waals surface area contributed by atoms with Crippen LogP contribution < -0.4 is 4.74 Å². The summed E-state index contributed by atoms with van der Waals surface area (Å²) in [6.07, 6.45) is 4.78. The molecule has 0 N–H and O–H groups in total. The lowest BCUT2D eigenvalue weighted by Gasteiger charge is -2.33. The van der Waals surface area contributed by atoms with Crippen LogP contribution >= 0.6 is 0 Å². The number of benzene rings is 1. The molecule has 2 unspecified atom stereocenters. The van der Waals surface area contributed by atoms with E-state index in [1.807, 2.05) is 6.08 Å². The first-order chi connectivity index (χ1) is 10.1. The van der Waals surface area contributed by atoms with Crippen molar-refractivity contribution in [2.45, 2.75) is 36.2 Å². The van der Waals surface area contributed by atoms with Gasteiger partial charge in [-0.1, -0.05) is 12.5 Å². The average Bonchev–Trinajstić information content (AvgIpc) is 2.45. The molecule has 0 aromatic heterocycles. The molecule has 110 valence electrons. The van der Waals surface area contributed by atoms with Crippen molar-refractivity contribution >= 4 is 15.4 Å². The minimum atomic E-state index is -3.02. The van der Waals surface area contributed by atoms with Gasteiger partial charge in [-0.15, -0.1) is 0 Å². The molecule has 0 amide bonds. The van der Waals surface area contributed by atoms with E-state index >= 15 is 0 Å². The van der Waals surface area contributed by atoms with Crippen molar-refractivity contribution in [3.63, 3.8) is 0 Å². The molecule has 1 fully saturated rings. The van der Waals surface area contributed by atoms with Crippen molar-refractivity contribution < 1.29 is 13.2 Å². The number of hydrogen-bond donors (Lipinski definition) is 0. The van der Waals surface area contributed by atoms with Crippen LogP contribution in [0.4, 0.5) is 0 Å². The zero-order chi connectivity index (χ0) is 15.0. The van der Waals surface area contributed by atoms with Gasteiger partial charge < -0.3 is 4.74 Å². The third kappa shape index (κ3) is 2.34. The van der Waals surface area contributed by atoms with Crippen LogP contribution in [-0.2, 0) is 9.84 Å². The van der Waals surface area contributed by atoms with Crippen molar-refractivity contribution in [3.8, 4) is 11.8 Å². The highest BCUT2D eigenvalue weighted by atomic mass is 32.2. The summed E-state index contributed by atoms with van der Waals surface area (Å²) in [5.74, 6) is 0.692.